The van der Waals surface area contributed by atoms with Crippen LogP contribution >= 0.6 is 0 Å². The zero-order valence-corrected chi connectivity index (χ0v) is 13.3. The molecule has 0 aliphatic rings. The van der Waals surface area contributed by atoms with Crippen LogP contribution in [0.25, 0.3) is 0 Å². The third-order valence-corrected chi connectivity index (χ3v) is 3.47. The number of nitrogens with one attached hydrogen (secondary N) is 2. The van der Waals surface area contributed by atoms with Crippen molar-refractivity contribution in [3.8, 4) is 0 Å². The number of benzene rings is 1. The van der Waals surface area contributed by atoms with Gasteiger partial charge < -0.3 is 15.1 Å². The van der Waals surface area contributed by atoms with Crippen molar-refractivity contribution in [1.82, 2.24) is 5.32 Å². The maximum Gasteiger partial charge on any atom is 0.224 e. The number of hydrogen-bond acceptors (Lipinski definition) is 3. The van der Waals surface area contributed by atoms with Crippen LogP contribution in [0.5, 0.6) is 0 Å². The average Bonchev–Trinajstić information content (AvgIpc) is 3.06. The van der Waals surface area contributed by atoms with Crippen molar-refractivity contribution in [3.05, 3.63) is 54.0 Å². The minimum absolute atomic E-state index is 0.131. The van der Waals surface area contributed by atoms with Gasteiger partial charge in [0.05, 0.1) is 6.26 Å². The van der Waals surface area contributed by atoms with Gasteiger partial charge in [-0.2, -0.15) is 0 Å². The number of anilines is 1. The molecule has 2 N–H and O–H groups in total. The lowest BCUT2D eigenvalue weighted by molar-refractivity contribution is -0.124. The zero-order chi connectivity index (χ0) is 16.5. The van der Waals surface area contributed by atoms with E-state index in [1.165, 1.54) is 5.56 Å². The van der Waals surface area contributed by atoms with Gasteiger partial charge in [-0.3, -0.25) is 9.59 Å². The molecule has 23 heavy (non-hydrogen) atoms. The number of aryl methyl sites for hydroxylation is 1. The van der Waals surface area contributed by atoms with Crippen LogP contribution in [0.3, 0.4) is 0 Å². The molecule has 0 saturated carbocycles. The number of amides is 2. The lowest BCUT2D eigenvalue weighted by Crippen LogP contribution is -2.26. The van der Waals surface area contributed by atoms with E-state index in [4.69, 9.17) is 4.42 Å². The molecule has 0 spiro atoms. The Labute approximate surface area is 136 Å². The molecule has 5 nitrogen and oxygen atoms in total. The van der Waals surface area contributed by atoms with Crippen molar-refractivity contribution >= 4 is 17.5 Å². The summed E-state index contributed by atoms with van der Waals surface area (Å²) in [4.78, 5) is 23.6. The monoisotopic (exact) mass is 314 g/mol. The van der Waals surface area contributed by atoms with E-state index in [2.05, 4.69) is 17.6 Å². The predicted molar refractivity (Wildman–Crippen MR) is 89.1 cm³/mol. The molecule has 2 amide bonds. The fourth-order valence-corrected chi connectivity index (χ4v) is 2.19. The molecule has 0 atom stereocenters. The Hall–Kier alpha value is -2.56. The minimum atomic E-state index is -0.153. The van der Waals surface area contributed by atoms with Gasteiger partial charge in [-0.05, 0) is 36.2 Å². The van der Waals surface area contributed by atoms with E-state index in [9.17, 15) is 9.59 Å². The van der Waals surface area contributed by atoms with E-state index in [1.807, 2.05) is 36.4 Å². The first-order chi connectivity index (χ1) is 11.2. The Morgan fingerprint density at radius 3 is 2.65 bits per heavy atom. The maximum atomic E-state index is 11.9. The Kier molecular flexibility index (Phi) is 6.41. The maximum absolute atomic E-state index is 11.9. The van der Waals surface area contributed by atoms with Gasteiger partial charge in [0.1, 0.15) is 5.76 Å². The summed E-state index contributed by atoms with van der Waals surface area (Å²) in [6, 6.07) is 11.4. The topological polar surface area (TPSA) is 71.3 Å². The van der Waals surface area contributed by atoms with Gasteiger partial charge in [0.2, 0.25) is 11.8 Å². The first kappa shape index (κ1) is 16.8. The number of carbonyl (C=O) groups is 2. The van der Waals surface area contributed by atoms with Gasteiger partial charge in [0.25, 0.3) is 0 Å². The molecule has 0 aliphatic carbocycles. The van der Waals surface area contributed by atoms with Crippen LogP contribution < -0.4 is 10.6 Å². The largest absolute Gasteiger partial charge is 0.469 e. The lowest BCUT2D eigenvalue weighted by Gasteiger charge is -2.07. The number of hydrogen-bond donors (Lipinski definition) is 2. The van der Waals surface area contributed by atoms with Crippen molar-refractivity contribution in [2.24, 2.45) is 0 Å². The summed E-state index contributed by atoms with van der Waals surface area (Å²) in [6.07, 6.45) is 3.52. The first-order valence-electron chi connectivity index (χ1n) is 7.85. The van der Waals surface area contributed by atoms with Gasteiger partial charge in [-0.1, -0.05) is 19.1 Å². The van der Waals surface area contributed by atoms with Crippen molar-refractivity contribution in [2.75, 3.05) is 11.9 Å². The second-order valence-electron chi connectivity index (χ2n) is 5.28. The second kappa shape index (κ2) is 8.78. The van der Waals surface area contributed by atoms with Crippen LogP contribution in [0, 0.1) is 0 Å². The summed E-state index contributed by atoms with van der Waals surface area (Å²) in [6.45, 7) is 2.57. The Morgan fingerprint density at radius 1 is 1.09 bits per heavy atom. The zero-order valence-electron chi connectivity index (χ0n) is 13.3. The lowest BCUT2D eigenvalue weighted by atomic mass is 10.1. The molecule has 122 valence electrons. The van der Waals surface area contributed by atoms with E-state index >= 15 is 0 Å². The van der Waals surface area contributed by atoms with Crippen molar-refractivity contribution < 1.29 is 14.0 Å². The Balaban J connectivity index is 1.66. The SMILES string of the molecule is CCc1cccc(NC(=O)CCC(=O)NCCc2ccco2)c1. The summed E-state index contributed by atoms with van der Waals surface area (Å²) in [5, 5.41) is 5.60. The normalized spacial score (nSPS) is 10.3. The quantitative estimate of drug-likeness (QED) is 0.787. The van der Waals surface area contributed by atoms with E-state index in [1.54, 1.807) is 6.26 Å². The highest BCUT2D eigenvalue weighted by molar-refractivity contribution is 5.93. The van der Waals surface area contributed by atoms with Crippen LogP contribution in [-0.2, 0) is 22.4 Å². The summed E-state index contributed by atoms with van der Waals surface area (Å²) in [7, 11) is 0. The second-order valence-corrected chi connectivity index (χ2v) is 5.28. The highest BCUT2D eigenvalue weighted by atomic mass is 16.3. The molecule has 2 aromatic rings. The molecule has 0 unspecified atom stereocenters. The third-order valence-electron chi connectivity index (χ3n) is 3.47. The van der Waals surface area contributed by atoms with Gasteiger partial charge in [0.15, 0.2) is 0 Å². The van der Waals surface area contributed by atoms with Crippen LogP contribution in [0.4, 0.5) is 5.69 Å². The first-order valence-corrected chi connectivity index (χ1v) is 7.85. The van der Waals surface area contributed by atoms with Crippen molar-refractivity contribution in [3.63, 3.8) is 0 Å². The number of carbonyl (C=O) groups excluding carboxylic acids is 2. The van der Waals surface area contributed by atoms with Gasteiger partial charge in [0, 0.05) is 31.5 Å². The average molecular weight is 314 g/mol. The minimum Gasteiger partial charge on any atom is -0.469 e. The van der Waals surface area contributed by atoms with E-state index < -0.39 is 0 Å². The van der Waals surface area contributed by atoms with Gasteiger partial charge in [-0.25, -0.2) is 0 Å². The predicted octanol–water partition coefficient (Wildman–Crippen LogP) is 2.92. The molecule has 5 heteroatoms. The van der Waals surface area contributed by atoms with Crippen molar-refractivity contribution in [1.29, 1.82) is 0 Å². The molecule has 1 aromatic heterocycles. The summed E-state index contributed by atoms with van der Waals surface area (Å²) >= 11 is 0. The summed E-state index contributed by atoms with van der Waals surface area (Å²) < 4.78 is 5.18. The Bertz CT molecular complexity index is 635. The molecule has 0 aliphatic heterocycles. The van der Waals surface area contributed by atoms with Crippen LogP contribution in [0.15, 0.2) is 47.1 Å². The molecule has 2 rings (SSSR count). The van der Waals surface area contributed by atoms with Crippen molar-refractivity contribution in [2.45, 2.75) is 32.6 Å². The molecule has 1 heterocycles. The fourth-order valence-electron chi connectivity index (χ4n) is 2.19. The Morgan fingerprint density at radius 2 is 1.91 bits per heavy atom. The molecule has 0 fully saturated rings. The standard InChI is InChI=1S/C18H22N2O3/c1-2-14-5-3-6-15(13-14)20-18(22)9-8-17(21)19-11-10-16-7-4-12-23-16/h3-7,12-13H,2,8-11H2,1H3,(H,19,21)(H,20,22). The van der Waals surface area contributed by atoms with Crippen LogP contribution in [-0.4, -0.2) is 18.4 Å². The van der Waals surface area contributed by atoms with E-state index in [0.29, 0.717) is 13.0 Å². The number of rotatable bonds is 8. The van der Waals surface area contributed by atoms with Crippen LogP contribution in [0.2, 0.25) is 0 Å². The summed E-state index contributed by atoms with van der Waals surface area (Å²) in [5.74, 6) is 0.548. The van der Waals surface area contributed by atoms with E-state index in [-0.39, 0.29) is 24.7 Å². The molecular formula is C18H22N2O3. The molecule has 0 saturated heterocycles. The number of furan rings is 1. The van der Waals surface area contributed by atoms with Gasteiger partial charge in [-0.15, -0.1) is 0 Å². The molecule has 1 aromatic carbocycles. The smallest absolute Gasteiger partial charge is 0.224 e. The fraction of sp³-hybridized carbons (Fsp3) is 0.333. The molecule has 0 bridgehead atoms. The van der Waals surface area contributed by atoms with Crippen LogP contribution in [0.1, 0.15) is 31.1 Å². The molecule has 0 radical (unpaired) electrons. The van der Waals surface area contributed by atoms with E-state index in [0.717, 1.165) is 17.9 Å². The van der Waals surface area contributed by atoms with Gasteiger partial charge >= 0.3 is 0 Å². The highest BCUT2D eigenvalue weighted by Crippen LogP contribution is 2.11. The molecular weight excluding hydrogens is 292 g/mol. The summed E-state index contributed by atoms with van der Waals surface area (Å²) in [5.41, 5.74) is 1.94. The third kappa shape index (κ3) is 5.98. The highest BCUT2D eigenvalue weighted by Gasteiger charge is 2.07.